The van der Waals surface area contributed by atoms with Crippen LogP contribution in [0, 0.1) is 18.3 Å². The third-order valence-corrected chi connectivity index (χ3v) is 4.53. The van der Waals surface area contributed by atoms with Crippen molar-refractivity contribution >= 4 is 29.5 Å². The minimum atomic E-state index is -0.568. The van der Waals surface area contributed by atoms with Gasteiger partial charge >= 0.3 is 6.03 Å². The van der Waals surface area contributed by atoms with Crippen LogP contribution in [0.15, 0.2) is 11.1 Å². The lowest BCUT2D eigenvalue weighted by Crippen LogP contribution is -2.39. The summed E-state index contributed by atoms with van der Waals surface area (Å²) in [5.74, 6) is -0.495. The van der Waals surface area contributed by atoms with Gasteiger partial charge in [0.05, 0.1) is 10.8 Å². The highest BCUT2D eigenvalue weighted by atomic mass is 32.2. The predicted octanol–water partition coefficient (Wildman–Crippen LogP) is 1.50. The third-order valence-electron chi connectivity index (χ3n) is 3.44. The van der Waals surface area contributed by atoms with Crippen LogP contribution in [0.5, 0.6) is 0 Å². The first-order valence-electron chi connectivity index (χ1n) is 7.03. The van der Waals surface area contributed by atoms with Gasteiger partial charge in [0.2, 0.25) is 5.91 Å². The molecule has 1 aliphatic heterocycles. The number of hydrogen-bond donors (Lipinski definition) is 1. The van der Waals surface area contributed by atoms with Gasteiger partial charge in [-0.1, -0.05) is 11.8 Å². The molecule has 8 heteroatoms. The molecule has 1 unspecified atom stereocenters. The second-order valence-corrected chi connectivity index (χ2v) is 6.45. The van der Waals surface area contributed by atoms with Crippen LogP contribution in [-0.2, 0) is 4.79 Å². The summed E-state index contributed by atoms with van der Waals surface area (Å²) in [4.78, 5) is 40.8. The van der Waals surface area contributed by atoms with E-state index in [4.69, 9.17) is 0 Å². The number of aryl methyl sites for hydroxylation is 1. The second kappa shape index (κ2) is 6.79. The van der Waals surface area contributed by atoms with Gasteiger partial charge in [-0.2, -0.15) is 5.26 Å². The van der Waals surface area contributed by atoms with E-state index in [2.05, 4.69) is 10.3 Å². The molecule has 0 spiro atoms. The lowest BCUT2D eigenvalue weighted by atomic mass is 10.1. The van der Waals surface area contributed by atoms with Gasteiger partial charge in [0.25, 0.3) is 0 Å². The zero-order chi connectivity index (χ0) is 17.1. The van der Waals surface area contributed by atoms with Gasteiger partial charge in [0.15, 0.2) is 5.78 Å². The van der Waals surface area contributed by atoms with Crippen molar-refractivity contribution in [2.45, 2.75) is 31.0 Å². The fraction of sp³-hybridized carbons (Fsp3) is 0.400. The van der Waals surface area contributed by atoms with Crippen LogP contribution < -0.4 is 5.32 Å². The van der Waals surface area contributed by atoms with Crippen LogP contribution in [0.1, 0.15) is 35.5 Å². The van der Waals surface area contributed by atoms with E-state index in [0.29, 0.717) is 29.4 Å². The molecular formula is C15H16N4O3S. The van der Waals surface area contributed by atoms with Crippen molar-refractivity contribution in [1.82, 2.24) is 15.2 Å². The molecule has 120 valence electrons. The van der Waals surface area contributed by atoms with Crippen LogP contribution in [0.25, 0.3) is 0 Å². The number of carbonyl (C=O) groups excluding carboxylic acids is 3. The van der Waals surface area contributed by atoms with Crippen LogP contribution >= 0.6 is 11.8 Å². The van der Waals surface area contributed by atoms with Crippen molar-refractivity contribution in [3.63, 3.8) is 0 Å². The van der Waals surface area contributed by atoms with Crippen molar-refractivity contribution in [2.75, 3.05) is 13.1 Å². The maximum atomic E-state index is 12.3. The molecule has 1 atom stereocenters. The molecule has 1 N–H and O–H groups in total. The molecule has 2 heterocycles. The second-order valence-electron chi connectivity index (χ2n) is 5.12. The van der Waals surface area contributed by atoms with E-state index in [1.807, 2.05) is 6.07 Å². The van der Waals surface area contributed by atoms with Crippen LogP contribution in [0.4, 0.5) is 4.79 Å². The molecular weight excluding hydrogens is 316 g/mol. The summed E-state index contributed by atoms with van der Waals surface area (Å²) in [6, 6.07) is 3.09. The molecule has 0 bridgehead atoms. The highest BCUT2D eigenvalue weighted by Crippen LogP contribution is 2.28. The molecule has 0 aliphatic carbocycles. The van der Waals surface area contributed by atoms with E-state index in [9.17, 15) is 19.6 Å². The van der Waals surface area contributed by atoms with Gasteiger partial charge in [-0.25, -0.2) is 9.78 Å². The van der Waals surface area contributed by atoms with Gasteiger partial charge < -0.3 is 5.32 Å². The van der Waals surface area contributed by atoms with Gasteiger partial charge in [-0.05, 0) is 26.8 Å². The summed E-state index contributed by atoms with van der Waals surface area (Å²) in [7, 11) is 0. The Morgan fingerprint density at radius 2 is 2.22 bits per heavy atom. The van der Waals surface area contributed by atoms with Crippen molar-refractivity contribution in [1.29, 1.82) is 5.26 Å². The molecule has 23 heavy (non-hydrogen) atoms. The molecule has 1 aromatic rings. The number of nitriles is 1. The smallest absolute Gasteiger partial charge is 0.324 e. The molecule has 3 amide bonds. The average molecular weight is 332 g/mol. The van der Waals surface area contributed by atoms with Gasteiger partial charge in [-0.3, -0.25) is 14.5 Å². The number of urea groups is 1. The molecule has 1 aliphatic rings. The topological polar surface area (TPSA) is 103 Å². The summed E-state index contributed by atoms with van der Waals surface area (Å²) >= 11 is 1.11. The Morgan fingerprint density at radius 1 is 1.52 bits per heavy atom. The molecule has 1 aromatic heterocycles. The summed E-state index contributed by atoms with van der Waals surface area (Å²) < 4.78 is 0. The van der Waals surface area contributed by atoms with Gasteiger partial charge in [0.1, 0.15) is 11.1 Å². The van der Waals surface area contributed by atoms with Crippen molar-refractivity contribution in [3.05, 3.63) is 22.9 Å². The highest BCUT2D eigenvalue weighted by Gasteiger charge is 2.31. The van der Waals surface area contributed by atoms with Gasteiger partial charge in [0, 0.05) is 24.3 Å². The zero-order valence-electron chi connectivity index (χ0n) is 13.0. The number of pyridine rings is 1. The standard InChI is InChI=1S/C15H16N4O3S/c1-8-12(9(2)20)6-11(7-16)13(18-8)23-10(3)14(21)19-5-4-17-15(19)22/h6,10H,4-5H2,1-3H3,(H,17,22). The Bertz CT molecular complexity index is 726. The minimum Gasteiger partial charge on any atom is -0.336 e. The minimum absolute atomic E-state index is 0.166. The van der Waals surface area contributed by atoms with E-state index in [0.717, 1.165) is 16.7 Å². The van der Waals surface area contributed by atoms with E-state index >= 15 is 0 Å². The monoisotopic (exact) mass is 332 g/mol. The molecule has 7 nitrogen and oxygen atoms in total. The lowest BCUT2D eigenvalue weighted by Gasteiger charge is -2.17. The third kappa shape index (κ3) is 3.51. The Morgan fingerprint density at radius 3 is 2.74 bits per heavy atom. The van der Waals surface area contributed by atoms with E-state index in [1.54, 1.807) is 13.8 Å². The van der Waals surface area contributed by atoms with Crippen molar-refractivity contribution in [2.24, 2.45) is 0 Å². The molecule has 1 saturated heterocycles. The summed E-state index contributed by atoms with van der Waals surface area (Å²) in [5, 5.41) is 11.6. The first-order chi connectivity index (χ1) is 10.8. The number of ketones is 1. The normalized spacial score (nSPS) is 15.0. The largest absolute Gasteiger partial charge is 0.336 e. The van der Waals surface area contributed by atoms with Crippen LogP contribution in [-0.4, -0.2) is 45.9 Å². The summed E-state index contributed by atoms with van der Waals surface area (Å²) in [5.41, 5.74) is 1.15. The molecule has 0 saturated carbocycles. The average Bonchev–Trinajstić information content (AvgIpc) is 2.92. The number of aromatic nitrogens is 1. The summed E-state index contributed by atoms with van der Waals surface area (Å²) in [6.07, 6.45) is 0. The Kier molecular flexibility index (Phi) is 5.01. The summed E-state index contributed by atoms with van der Waals surface area (Å²) in [6.45, 7) is 5.54. The SMILES string of the molecule is CC(=O)c1cc(C#N)c(SC(C)C(=O)N2CCNC2=O)nc1C. The van der Waals surface area contributed by atoms with E-state index in [1.165, 1.54) is 13.0 Å². The highest BCUT2D eigenvalue weighted by molar-refractivity contribution is 8.00. The number of amides is 3. The quantitative estimate of drug-likeness (QED) is 0.662. The number of rotatable bonds is 4. The Hall–Kier alpha value is -2.40. The molecule has 0 radical (unpaired) electrons. The number of carbonyl (C=O) groups is 3. The number of Topliss-reactive ketones (excluding diaryl/α,β-unsaturated/α-hetero) is 1. The molecule has 1 fully saturated rings. The maximum absolute atomic E-state index is 12.3. The first kappa shape index (κ1) is 17.0. The molecule has 2 rings (SSSR count). The number of nitrogens with zero attached hydrogens (tertiary/aromatic N) is 3. The fourth-order valence-electron chi connectivity index (χ4n) is 2.23. The van der Waals surface area contributed by atoms with E-state index in [-0.39, 0.29) is 17.3 Å². The Labute approximate surface area is 138 Å². The van der Waals surface area contributed by atoms with E-state index < -0.39 is 11.3 Å². The number of hydrogen-bond acceptors (Lipinski definition) is 6. The van der Waals surface area contributed by atoms with Crippen LogP contribution in [0.3, 0.4) is 0 Å². The maximum Gasteiger partial charge on any atom is 0.324 e. The number of nitrogens with one attached hydrogen (secondary N) is 1. The first-order valence-corrected chi connectivity index (χ1v) is 7.91. The number of imide groups is 1. The van der Waals surface area contributed by atoms with Gasteiger partial charge in [-0.15, -0.1) is 0 Å². The Balaban J connectivity index is 2.24. The van der Waals surface area contributed by atoms with Crippen LogP contribution in [0.2, 0.25) is 0 Å². The zero-order valence-corrected chi connectivity index (χ0v) is 13.9. The number of thioether (sulfide) groups is 1. The fourth-order valence-corrected chi connectivity index (χ4v) is 3.21. The van der Waals surface area contributed by atoms with Crippen molar-refractivity contribution in [3.8, 4) is 6.07 Å². The van der Waals surface area contributed by atoms with Crippen molar-refractivity contribution < 1.29 is 14.4 Å². The lowest BCUT2D eigenvalue weighted by molar-refractivity contribution is -0.126. The molecule has 0 aromatic carbocycles. The predicted molar refractivity (Wildman–Crippen MR) is 84.1 cm³/mol.